The normalized spacial score (nSPS) is 20.0. The monoisotopic (exact) mass is 287 g/mol. The van der Waals surface area contributed by atoms with Gasteiger partial charge >= 0.3 is 0 Å². The second-order valence-electron chi connectivity index (χ2n) is 5.71. The Labute approximate surface area is 133 Å². The van der Waals surface area contributed by atoms with Crippen molar-refractivity contribution in [1.82, 2.24) is 4.57 Å². The van der Waals surface area contributed by atoms with Crippen LogP contribution >= 0.6 is 0 Å². The maximum Gasteiger partial charge on any atom is 0.0484 e. The second-order valence-corrected chi connectivity index (χ2v) is 5.71. The van der Waals surface area contributed by atoms with Crippen molar-refractivity contribution < 1.29 is 0 Å². The summed E-state index contributed by atoms with van der Waals surface area (Å²) in [5.74, 6) is 2.55. The van der Waals surface area contributed by atoms with Gasteiger partial charge in [-0.1, -0.05) is 30.2 Å². The van der Waals surface area contributed by atoms with Gasteiger partial charge in [0.05, 0.1) is 0 Å². The van der Waals surface area contributed by atoms with Crippen molar-refractivity contribution in [3.8, 4) is 12.3 Å². The van der Waals surface area contributed by atoms with Crippen molar-refractivity contribution in [3.05, 3.63) is 71.6 Å². The van der Waals surface area contributed by atoms with E-state index < -0.39 is 0 Å². The van der Waals surface area contributed by atoms with Crippen molar-refractivity contribution in [1.29, 1.82) is 0 Å². The molecule has 2 aliphatic rings. The van der Waals surface area contributed by atoms with Gasteiger partial charge in [0, 0.05) is 17.6 Å². The van der Waals surface area contributed by atoms with Gasteiger partial charge in [-0.25, -0.2) is 0 Å². The number of terminal acetylenes is 1. The molecular formula is C21H21N. The Balaban J connectivity index is 2.03. The van der Waals surface area contributed by atoms with Crippen LogP contribution in [-0.2, 0) is 0 Å². The fraction of sp³-hybridized carbons (Fsp3) is 0.238. The molecule has 22 heavy (non-hydrogen) atoms. The van der Waals surface area contributed by atoms with Crippen molar-refractivity contribution in [2.24, 2.45) is 0 Å². The Kier molecular flexibility index (Phi) is 4.30. The van der Waals surface area contributed by atoms with Gasteiger partial charge in [-0.15, -0.1) is 6.42 Å². The highest BCUT2D eigenvalue weighted by Crippen LogP contribution is 2.36. The Morgan fingerprint density at radius 2 is 2.18 bits per heavy atom. The predicted molar refractivity (Wildman–Crippen MR) is 95.0 cm³/mol. The summed E-state index contributed by atoms with van der Waals surface area (Å²) in [4.78, 5) is 0. The minimum absolute atomic E-state index is 1.03. The van der Waals surface area contributed by atoms with E-state index in [0.29, 0.717) is 0 Å². The Morgan fingerprint density at radius 1 is 1.27 bits per heavy atom. The first-order valence-corrected chi connectivity index (χ1v) is 7.87. The molecule has 0 bridgehead atoms. The van der Waals surface area contributed by atoms with Gasteiger partial charge < -0.3 is 4.57 Å². The number of aromatic nitrogens is 1. The van der Waals surface area contributed by atoms with Gasteiger partial charge in [0.15, 0.2) is 0 Å². The number of allylic oxidation sites excluding steroid dienone is 10. The number of nitrogens with zero attached hydrogens (tertiary/aromatic N) is 1. The highest BCUT2D eigenvalue weighted by molar-refractivity contribution is 5.74. The summed E-state index contributed by atoms with van der Waals surface area (Å²) in [7, 11) is 0. The van der Waals surface area contributed by atoms with Gasteiger partial charge in [-0.05, 0) is 73.6 Å². The molecule has 3 rings (SSSR count). The molecule has 0 aromatic carbocycles. The van der Waals surface area contributed by atoms with E-state index in [-0.39, 0.29) is 0 Å². The topological polar surface area (TPSA) is 4.93 Å². The van der Waals surface area contributed by atoms with Crippen LogP contribution in [-0.4, -0.2) is 4.57 Å². The Morgan fingerprint density at radius 3 is 2.95 bits per heavy atom. The summed E-state index contributed by atoms with van der Waals surface area (Å²) in [5, 5.41) is 0. The van der Waals surface area contributed by atoms with Gasteiger partial charge in [0.1, 0.15) is 0 Å². The number of fused-ring (bicyclic) bond motifs is 1. The summed E-state index contributed by atoms with van der Waals surface area (Å²) in [6.07, 6.45) is 24.4. The van der Waals surface area contributed by atoms with Crippen LogP contribution in [0.3, 0.4) is 0 Å². The SMILES string of the molecule is C#C/C=C\C=C1/CCC(C2=CC=CCC2)=C(C)c2cccn21. The molecule has 0 unspecified atom stereocenters. The molecule has 0 saturated heterocycles. The summed E-state index contributed by atoms with van der Waals surface area (Å²) in [6, 6.07) is 4.33. The van der Waals surface area contributed by atoms with Crippen LogP contribution in [0, 0.1) is 12.3 Å². The predicted octanol–water partition coefficient (Wildman–Crippen LogP) is 5.36. The smallest absolute Gasteiger partial charge is 0.0484 e. The molecular weight excluding hydrogens is 266 g/mol. The molecule has 1 aliphatic heterocycles. The molecule has 1 aliphatic carbocycles. The highest BCUT2D eigenvalue weighted by Gasteiger charge is 2.19. The molecule has 0 radical (unpaired) electrons. The van der Waals surface area contributed by atoms with E-state index in [9.17, 15) is 0 Å². The lowest BCUT2D eigenvalue weighted by atomic mass is 9.90. The van der Waals surface area contributed by atoms with E-state index in [1.807, 2.05) is 6.08 Å². The molecule has 0 amide bonds. The van der Waals surface area contributed by atoms with Gasteiger partial charge in [0.2, 0.25) is 0 Å². The van der Waals surface area contributed by atoms with Gasteiger partial charge in [-0.3, -0.25) is 0 Å². The molecule has 1 nitrogen and oxygen atoms in total. The van der Waals surface area contributed by atoms with Crippen LogP contribution in [0.2, 0.25) is 0 Å². The van der Waals surface area contributed by atoms with E-state index in [2.05, 4.69) is 60.0 Å². The minimum Gasteiger partial charge on any atom is -0.321 e. The lowest BCUT2D eigenvalue weighted by molar-refractivity contribution is 0.901. The molecule has 110 valence electrons. The third-order valence-corrected chi connectivity index (χ3v) is 4.41. The first-order chi connectivity index (χ1) is 10.8. The summed E-state index contributed by atoms with van der Waals surface area (Å²) in [5.41, 5.74) is 6.99. The standard InChI is InChI=1S/C21H21N/c1-3-4-6-12-19-14-15-20(18-10-7-5-8-11-18)17(2)21-13-9-16-22(19)21/h1,4-7,9-10,12-13,16H,8,11,14-15H2,2H3/b6-4-,19-12+. The van der Waals surface area contributed by atoms with Gasteiger partial charge in [0.25, 0.3) is 0 Å². The zero-order valence-corrected chi connectivity index (χ0v) is 13.0. The summed E-state index contributed by atoms with van der Waals surface area (Å²) in [6.45, 7) is 2.25. The zero-order chi connectivity index (χ0) is 15.4. The molecule has 1 heteroatoms. The average molecular weight is 287 g/mol. The Bertz CT molecular complexity index is 754. The van der Waals surface area contributed by atoms with Crippen LogP contribution in [0.15, 0.2) is 65.9 Å². The molecule has 0 atom stereocenters. The lowest BCUT2D eigenvalue weighted by Gasteiger charge is -2.15. The van der Waals surface area contributed by atoms with Crippen molar-refractivity contribution >= 4 is 11.3 Å². The quantitative estimate of drug-likeness (QED) is 0.645. The third kappa shape index (κ3) is 2.78. The molecule has 1 aromatic heterocycles. The second kappa shape index (κ2) is 6.54. The zero-order valence-electron chi connectivity index (χ0n) is 13.0. The molecule has 0 spiro atoms. The third-order valence-electron chi connectivity index (χ3n) is 4.41. The lowest BCUT2D eigenvalue weighted by Crippen LogP contribution is -1.97. The minimum atomic E-state index is 1.03. The molecule has 2 heterocycles. The summed E-state index contributed by atoms with van der Waals surface area (Å²) >= 11 is 0. The first-order valence-electron chi connectivity index (χ1n) is 7.87. The molecule has 1 aromatic rings. The van der Waals surface area contributed by atoms with Gasteiger partial charge in [-0.2, -0.15) is 0 Å². The number of rotatable bonds is 2. The maximum absolute atomic E-state index is 5.30. The number of hydrogen-bond acceptors (Lipinski definition) is 0. The fourth-order valence-electron chi connectivity index (χ4n) is 3.29. The van der Waals surface area contributed by atoms with Crippen molar-refractivity contribution in [3.63, 3.8) is 0 Å². The van der Waals surface area contributed by atoms with Crippen molar-refractivity contribution in [2.75, 3.05) is 0 Å². The van der Waals surface area contributed by atoms with E-state index in [1.165, 1.54) is 28.1 Å². The fourth-order valence-corrected chi connectivity index (χ4v) is 3.29. The molecule has 0 fully saturated rings. The van der Waals surface area contributed by atoms with E-state index in [4.69, 9.17) is 6.42 Å². The number of hydrogen-bond donors (Lipinski definition) is 0. The molecule has 0 saturated carbocycles. The van der Waals surface area contributed by atoms with Crippen LogP contribution in [0.5, 0.6) is 0 Å². The largest absolute Gasteiger partial charge is 0.321 e. The highest BCUT2D eigenvalue weighted by atomic mass is 15.0. The average Bonchev–Trinajstić information content (AvgIpc) is 2.99. The maximum atomic E-state index is 5.30. The van der Waals surface area contributed by atoms with Crippen LogP contribution in [0.4, 0.5) is 0 Å². The molecule has 0 N–H and O–H groups in total. The van der Waals surface area contributed by atoms with Crippen LogP contribution < -0.4 is 0 Å². The Hall–Kier alpha value is -2.46. The van der Waals surface area contributed by atoms with E-state index in [0.717, 1.165) is 25.7 Å². The first kappa shape index (κ1) is 14.5. The summed E-state index contributed by atoms with van der Waals surface area (Å²) < 4.78 is 2.29. The van der Waals surface area contributed by atoms with Crippen LogP contribution in [0.25, 0.3) is 11.3 Å². The van der Waals surface area contributed by atoms with E-state index in [1.54, 1.807) is 6.08 Å². The van der Waals surface area contributed by atoms with Crippen LogP contribution in [0.1, 0.15) is 38.3 Å². The van der Waals surface area contributed by atoms with Crippen molar-refractivity contribution in [2.45, 2.75) is 32.6 Å². The van der Waals surface area contributed by atoms with E-state index >= 15 is 0 Å².